The van der Waals surface area contributed by atoms with Gasteiger partial charge in [-0.25, -0.2) is 0 Å². The predicted octanol–water partition coefficient (Wildman–Crippen LogP) is 3.68. The molecule has 0 radical (unpaired) electrons. The van der Waals surface area contributed by atoms with Crippen LogP contribution in [0.4, 0.5) is 0 Å². The van der Waals surface area contributed by atoms with Crippen LogP contribution in [0.3, 0.4) is 0 Å². The molecule has 14 heavy (non-hydrogen) atoms. The van der Waals surface area contributed by atoms with E-state index in [1.54, 1.807) is 0 Å². The Labute approximate surface area is 94.1 Å². The summed E-state index contributed by atoms with van der Waals surface area (Å²) < 4.78 is 0. The highest BCUT2D eigenvalue weighted by atomic mass is 35.5. The van der Waals surface area contributed by atoms with Crippen LogP contribution in [0.25, 0.3) is 0 Å². The second kappa shape index (κ2) is 8.31. The molecule has 0 heterocycles. The minimum atomic E-state index is 0.580. The van der Waals surface area contributed by atoms with Crippen LogP contribution in [0.2, 0.25) is 0 Å². The van der Waals surface area contributed by atoms with Crippen LogP contribution in [-0.4, -0.2) is 29.9 Å². The number of hydrogen-bond donors (Lipinski definition) is 0. The molecule has 0 aromatic rings. The highest BCUT2D eigenvalue weighted by molar-refractivity contribution is 6.19. The highest BCUT2D eigenvalue weighted by Crippen LogP contribution is 2.07. The lowest BCUT2D eigenvalue weighted by Gasteiger charge is -2.26. The second-order valence-electron chi connectivity index (χ2n) is 4.15. The van der Waals surface area contributed by atoms with Crippen LogP contribution in [0, 0.1) is 0 Å². The van der Waals surface area contributed by atoms with Gasteiger partial charge in [0.05, 0.1) is 0 Å². The van der Waals surface area contributed by atoms with Gasteiger partial charge < -0.3 is 0 Å². The summed E-state index contributed by atoms with van der Waals surface area (Å²) >= 11 is 5.74. The zero-order chi connectivity index (χ0) is 11.0. The summed E-state index contributed by atoms with van der Waals surface area (Å²) in [6.07, 6.45) is 3.88. The van der Waals surface area contributed by atoms with Gasteiger partial charge >= 0.3 is 0 Å². The summed E-state index contributed by atoms with van der Waals surface area (Å²) in [5, 5.41) is 0. The lowest BCUT2D eigenvalue weighted by molar-refractivity contribution is 0.236. The Morgan fingerprint density at radius 1 is 1.36 bits per heavy atom. The molecule has 0 atom stereocenters. The summed E-state index contributed by atoms with van der Waals surface area (Å²) in [5.74, 6) is 0.580. The van der Waals surface area contributed by atoms with Crippen molar-refractivity contribution in [3.05, 3.63) is 12.2 Å². The van der Waals surface area contributed by atoms with E-state index in [-0.39, 0.29) is 0 Å². The minimum Gasteiger partial charge on any atom is -0.297 e. The molecular formula is C12H24ClN. The molecule has 0 fully saturated rings. The van der Waals surface area contributed by atoms with E-state index < -0.39 is 0 Å². The van der Waals surface area contributed by atoms with Gasteiger partial charge in [0.15, 0.2) is 0 Å². The largest absolute Gasteiger partial charge is 0.297 e. The Morgan fingerprint density at radius 2 is 2.00 bits per heavy atom. The normalized spacial score (nSPS) is 11.3. The fraction of sp³-hybridized carbons (Fsp3) is 0.833. The molecule has 0 aliphatic rings. The molecule has 0 saturated carbocycles. The monoisotopic (exact) mass is 217 g/mol. The third-order valence-electron chi connectivity index (χ3n) is 2.39. The zero-order valence-electron chi connectivity index (χ0n) is 9.85. The summed E-state index contributed by atoms with van der Waals surface area (Å²) in [6.45, 7) is 12.8. The molecule has 0 aliphatic carbocycles. The molecular weight excluding hydrogens is 194 g/mol. The number of halogens is 1. The molecule has 0 rings (SSSR count). The molecule has 2 heteroatoms. The van der Waals surface area contributed by atoms with E-state index in [1.165, 1.54) is 25.8 Å². The highest BCUT2D eigenvalue weighted by Gasteiger charge is 2.09. The van der Waals surface area contributed by atoms with Gasteiger partial charge in [0.25, 0.3) is 0 Å². The van der Waals surface area contributed by atoms with Crippen molar-refractivity contribution < 1.29 is 0 Å². The van der Waals surface area contributed by atoms with Gasteiger partial charge in [-0.3, -0.25) is 4.90 Å². The maximum absolute atomic E-state index is 5.74. The van der Waals surface area contributed by atoms with Gasteiger partial charge in [-0.05, 0) is 32.4 Å². The lowest BCUT2D eigenvalue weighted by Crippen LogP contribution is -2.33. The van der Waals surface area contributed by atoms with Gasteiger partial charge in [0, 0.05) is 18.5 Å². The second-order valence-corrected chi connectivity index (χ2v) is 4.42. The van der Waals surface area contributed by atoms with E-state index in [0.717, 1.165) is 12.1 Å². The zero-order valence-corrected chi connectivity index (χ0v) is 10.6. The number of alkyl halides is 1. The van der Waals surface area contributed by atoms with E-state index in [9.17, 15) is 0 Å². The van der Waals surface area contributed by atoms with E-state index in [1.807, 2.05) is 0 Å². The average Bonchev–Trinajstić information content (AvgIpc) is 2.16. The molecule has 0 aliphatic heterocycles. The molecule has 0 aromatic carbocycles. The first kappa shape index (κ1) is 14.0. The van der Waals surface area contributed by atoms with Crippen molar-refractivity contribution in [3.8, 4) is 0 Å². The van der Waals surface area contributed by atoms with Crippen molar-refractivity contribution in [2.75, 3.05) is 19.0 Å². The van der Waals surface area contributed by atoms with Crippen LogP contribution in [-0.2, 0) is 0 Å². The fourth-order valence-electron chi connectivity index (χ4n) is 1.41. The number of hydrogen-bond acceptors (Lipinski definition) is 1. The molecule has 0 spiro atoms. The summed E-state index contributed by atoms with van der Waals surface area (Å²) in [5.41, 5.74) is 1.12. The number of nitrogens with zero attached hydrogens (tertiary/aromatic N) is 1. The fourth-order valence-corrected chi connectivity index (χ4v) is 1.50. The van der Waals surface area contributed by atoms with E-state index in [4.69, 9.17) is 11.6 Å². The topological polar surface area (TPSA) is 3.24 Å². The van der Waals surface area contributed by atoms with E-state index in [0.29, 0.717) is 11.9 Å². The molecule has 0 saturated heterocycles. The Morgan fingerprint density at radius 3 is 2.43 bits per heavy atom. The lowest BCUT2D eigenvalue weighted by atomic mass is 10.2. The Hall–Kier alpha value is -0.0100. The van der Waals surface area contributed by atoms with Crippen LogP contribution in [0.1, 0.15) is 40.0 Å². The van der Waals surface area contributed by atoms with Crippen LogP contribution < -0.4 is 0 Å². The summed E-state index contributed by atoms with van der Waals surface area (Å²) in [6, 6.07) is 0.590. The molecule has 0 N–H and O–H groups in total. The van der Waals surface area contributed by atoms with E-state index in [2.05, 4.69) is 32.3 Å². The first-order valence-electron chi connectivity index (χ1n) is 5.58. The van der Waals surface area contributed by atoms with Crippen molar-refractivity contribution in [1.82, 2.24) is 4.90 Å². The van der Waals surface area contributed by atoms with Crippen molar-refractivity contribution >= 4 is 11.6 Å². The molecule has 0 amide bonds. The maximum Gasteiger partial charge on any atom is 0.0443 e. The van der Waals surface area contributed by atoms with Gasteiger partial charge in [0.1, 0.15) is 0 Å². The molecule has 84 valence electrons. The number of unbranched alkanes of at least 4 members (excludes halogenated alkanes) is 2. The summed E-state index contributed by atoms with van der Waals surface area (Å²) in [4.78, 5) is 2.44. The Kier molecular flexibility index (Phi) is 8.30. The summed E-state index contributed by atoms with van der Waals surface area (Å²) in [7, 11) is 0. The van der Waals surface area contributed by atoms with E-state index >= 15 is 0 Å². The third kappa shape index (κ3) is 6.44. The minimum absolute atomic E-state index is 0.580. The Bertz CT molecular complexity index is 154. The van der Waals surface area contributed by atoms with Gasteiger partial charge in [0.2, 0.25) is 0 Å². The van der Waals surface area contributed by atoms with Crippen LogP contribution in [0.15, 0.2) is 12.2 Å². The van der Waals surface area contributed by atoms with Crippen molar-refractivity contribution in [3.63, 3.8) is 0 Å². The average molecular weight is 218 g/mol. The molecule has 0 aromatic heterocycles. The molecule has 0 bridgehead atoms. The third-order valence-corrected chi connectivity index (χ3v) is 2.77. The van der Waals surface area contributed by atoms with Gasteiger partial charge in [-0.15, -0.1) is 11.6 Å². The van der Waals surface area contributed by atoms with Gasteiger partial charge in [-0.2, -0.15) is 0 Å². The van der Waals surface area contributed by atoms with Crippen molar-refractivity contribution in [2.24, 2.45) is 0 Å². The van der Waals surface area contributed by atoms with Crippen LogP contribution >= 0.6 is 11.6 Å². The van der Waals surface area contributed by atoms with Crippen molar-refractivity contribution in [2.45, 2.75) is 46.1 Å². The number of rotatable bonds is 8. The standard InChI is InChI=1S/C12H24ClN/c1-5-6-7-8-14(11(2)3)10-12(4)9-13/h11H,4-10H2,1-3H3. The maximum atomic E-state index is 5.74. The molecule has 0 unspecified atom stereocenters. The van der Waals surface area contributed by atoms with Crippen LogP contribution in [0.5, 0.6) is 0 Å². The Balaban J connectivity index is 3.83. The van der Waals surface area contributed by atoms with Crippen molar-refractivity contribution in [1.29, 1.82) is 0 Å². The quantitative estimate of drug-likeness (QED) is 0.341. The first-order valence-corrected chi connectivity index (χ1v) is 6.11. The predicted molar refractivity (Wildman–Crippen MR) is 66.1 cm³/mol. The first-order chi connectivity index (χ1) is 6.61. The molecule has 1 nitrogen and oxygen atoms in total. The smallest absolute Gasteiger partial charge is 0.0443 e. The van der Waals surface area contributed by atoms with Gasteiger partial charge in [-0.1, -0.05) is 26.3 Å². The SMILES string of the molecule is C=C(CCl)CN(CCCCC)C(C)C.